The van der Waals surface area contributed by atoms with Crippen molar-refractivity contribution < 1.29 is 4.79 Å². The molecule has 0 aromatic heterocycles. The predicted octanol–water partition coefficient (Wildman–Crippen LogP) is 6.17. The van der Waals surface area contributed by atoms with E-state index in [2.05, 4.69) is 49.0 Å². The van der Waals surface area contributed by atoms with Crippen molar-refractivity contribution in [2.24, 2.45) is 0 Å². The maximum atomic E-state index is 11.2. The van der Waals surface area contributed by atoms with Crippen LogP contribution in [0.25, 0.3) is 16.3 Å². The summed E-state index contributed by atoms with van der Waals surface area (Å²) in [6.45, 7) is 6.18. The number of carbonyl (C=O) groups excluding carboxylic acids is 1. The number of ketones is 1. The van der Waals surface area contributed by atoms with Gasteiger partial charge in [-0.25, -0.2) is 0 Å². The van der Waals surface area contributed by atoms with Gasteiger partial charge in [-0.2, -0.15) is 0 Å². The van der Waals surface area contributed by atoms with Crippen LogP contribution < -0.4 is 0 Å². The zero-order valence-electron chi connectivity index (χ0n) is 13.6. The molecule has 22 heavy (non-hydrogen) atoms. The number of carbonyl (C=O) groups is 1. The minimum atomic E-state index is 0.389. The maximum Gasteiger partial charge on any atom is 0.132 e. The third kappa shape index (κ3) is 4.84. The topological polar surface area (TPSA) is 17.1 Å². The Morgan fingerprint density at radius 1 is 0.909 bits per heavy atom. The number of rotatable bonds is 9. The van der Waals surface area contributed by atoms with Crippen molar-refractivity contribution in [1.82, 2.24) is 0 Å². The Kier molecular flexibility index (Phi) is 6.39. The van der Waals surface area contributed by atoms with Crippen LogP contribution in [0.4, 0.5) is 0 Å². The fraction of sp³-hybridized carbons (Fsp3) is 0.381. The summed E-state index contributed by atoms with van der Waals surface area (Å²) in [6, 6.07) is 15.0. The lowest BCUT2D eigenvalue weighted by molar-refractivity contribution is -0.118. The summed E-state index contributed by atoms with van der Waals surface area (Å²) >= 11 is 0. The van der Waals surface area contributed by atoms with Crippen LogP contribution in [0.15, 0.2) is 49.0 Å². The van der Waals surface area contributed by atoms with Gasteiger partial charge in [0.1, 0.15) is 5.78 Å². The molecule has 0 amide bonds. The van der Waals surface area contributed by atoms with Crippen molar-refractivity contribution in [3.8, 4) is 0 Å². The summed E-state index contributed by atoms with van der Waals surface area (Å²) in [4.78, 5) is 11.2. The highest BCUT2D eigenvalue weighted by atomic mass is 16.1. The van der Waals surface area contributed by atoms with Gasteiger partial charge in [0, 0.05) is 12.8 Å². The van der Waals surface area contributed by atoms with Crippen LogP contribution in [0.2, 0.25) is 0 Å². The molecule has 0 saturated heterocycles. The molecule has 0 unspecified atom stereocenters. The van der Waals surface area contributed by atoms with E-state index in [-0.39, 0.29) is 0 Å². The molecule has 0 spiro atoms. The Morgan fingerprint density at radius 3 is 2.32 bits per heavy atom. The summed E-state index contributed by atoms with van der Waals surface area (Å²) in [5, 5.41) is 2.55. The highest BCUT2D eigenvalue weighted by molar-refractivity contribution is 5.86. The first-order chi connectivity index (χ1) is 10.7. The van der Waals surface area contributed by atoms with E-state index in [9.17, 15) is 4.79 Å². The molecule has 2 rings (SSSR count). The molecular formula is C21H26O. The molecule has 0 heterocycles. The van der Waals surface area contributed by atoms with Gasteiger partial charge < -0.3 is 0 Å². The van der Waals surface area contributed by atoms with Crippen LogP contribution in [-0.4, -0.2) is 5.78 Å². The SMILES string of the molecule is C=C(CCCCCCC(=O)CC)c1ccc2ccccc2c1. The fourth-order valence-corrected chi connectivity index (χ4v) is 2.74. The summed E-state index contributed by atoms with van der Waals surface area (Å²) in [6.07, 6.45) is 7.00. The lowest BCUT2D eigenvalue weighted by atomic mass is 9.98. The molecule has 1 heteroatoms. The summed E-state index contributed by atoms with van der Waals surface area (Å²) in [5.74, 6) is 0.389. The number of allylic oxidation sites excluding steroid dienone is 1. The van der Waals surface area contributed by atoms with Crippen LogP contribution in [0.1, 0.15) is 57.4 Å². The molecule has 0 radical (unpaired) electrons. The lowest BCUT2D eigenvalue weighted by Crippen LogP contribution is -1.94. The summed E-state index contributed by atoms with van der Waals surface area (Å²) in [7, 11) is 0. The molecule has 2 aromatic carbocycles. The van der Waals surface area contributed by atoms with Gasteiger partial charge in [-0.05, 0) is 47.2 Å². The number of Topliss-reactive ketones (excluding diaryl/α,β-unsaturated/α-hetero) is 1. The quantitative estimate of drug-likeness (QED) is 0.505. The normalized spacial score (nSPS) is 10.8. The van der Waals surface area contributed by atoms with E-state index in [1.165, 1.54) is 28.3 Å². The van der Waals surface area contributed by atoms with Gasteiger partial charge in [0.15, 0.2) is 0 Å². The van der Waals surface area contributed by atoms with Crippen molar-refractivity contribution in [3.05, 3.63) is 54.6 Å². The molecule has 2 aromatic rings. The summed E-state index contributed by atoms with van der Waals surface area (Å²) in [5.41, 5.74) is 2.47. The molecule has 0 saturated carbocycles. The van der Waals surface area contributed by atoms with E-state index in [0.717, 1.165) is 32.1 Å². The lowest BCUT2D eigenvalue weighted by Gasteiger charge is -2.07. The average molecular weight is 294 g/mol. The third-order valence-corrected chi connectivity index (χ3v) is 4.24. The first-order valence-corrected chi connectivity index (χ1v) is 8.39. The highest BCUT2D eigenvalue weighted by Gasteiger charge is 2.02. The highest BCUT2D eigenvalue weighted by Crippen LogP contribution is 2.24. The van der Waals surface area contributed by atoms with Crippen molar-refractivity contribution in [3.63, 3.8) is 0 Å². The van der Waals surface area contributed by atoms with Gasteiger partial charge in [0.25, 0.3) is 0 Å². The third-order valence-electron chi connectivity index (χ3n) is 4.24. The predicted molar refractivity (Wildman–Crippen MR) is 96.0 cm³/mol. The minimum Gasteiger partial charge on any atom is -0.300 e. The Balaban J connectivity index is 1.75. The van der Waals surface area contributed by atoms with Crippen molar-refractivity contribution in [2.45, 2.75) is 51.9 Å². The van der Waals surface area contributed by atoms with Gasteiger partial charge >= 0.3 is 0 Å². The monoisotopic (exact) mass is 294 g/mol. The Morgan fingerprint density at radius 2 is 1.59 bits per heavy atom. The van der Waals surface area contributed by atoms with E-state index in [0.29, 0.717) is 12.2 Å². The van der Waals surface area contributed by atoms with Crippen LogP contribution in [-0.2, 0) is 4.79 Å². The standard InChI is InChI=1S/C21H26O/c1-3-21(22)13-7-5-4-6-10-17(2)19-15-14-18-11-8-9-12-20(18)16-19/h8-9,11-12,14-16H,2-7,10,13H2,1H3. The largest absolute Gasteiger partial charge is 0.300 e. The number of benzene rings is 2. The Labute approximate surface area is 134 Å². The molecule has 1 nitrogen and oxygen atoms in total. The molecule has 0 aliphatic carbocycles. The van der Waals surface area contributed by atoms with E-state index in [4.69, 9.17) is 0 Å². The number of hydrogen-bond donors (Lipinski definition) is 0. The van der Waals surface area contributed by atoms with Gasteiger partial charge in [0.05, 0.1) is 0 Å². The van der Waals surface area contributed by atoms with Crippen LogP contribution >= 0.6 is 0 Å². The zero-order valence-corrected chi connectivity index (χ0v) is 13.6. The number of unbranched alkanes of at least 4 members (excludes halogenated alkanes) is 3. The second-order valence-electron chi connectivity index (χ2n) is 5.97. The second-order valence-corrected chi connectivity index (χ2v) is 5.97. The van der Waals surface area contributed by atoms with E-state index >= 15 is 0 Å². The molecular weight excluding hydrogens is 268 g/mol. The van der Waals surface area contributed by atoms with Crippen molar-refractivity contribution in [1.29, 1.82) is 0 Å². The minimum absolute atomic E-state index is 0.389. The molecule has 0 fully saturated rings. The molecule has 0 N–H and O–H groups in total. The first-order valence-electron chi connectivity index (χ1n) is 8.39. The molecule has 0 atom stereocenters. The Bertz CT molecular complexity index is 639. The molecule has 116 valence electrons. The molecule has 0 aliphatic heterocycles. The summed E-state index contributed by atoms with van der Waals surface area (Å²) < 4.78 is 0. The molecule has 0 bridgehead atoms. The van der Waals surface area contributed by atoms with Gasteiger partial charge in [-0.1, -0.05) is 62.7 Å². The average Bonchev–Trinajstić information content (AvgIpc) is 2.56. The van der Waals surface area contributed by atoms with Crippen LogP contribution in [0.3, 0.4) is 0 Å². The maximum absolute atomic E-state index is 11.2. The second kappa shape index (κ2) is 8.53. The first kappa shape index (κ1) is 16.5. The fourth-order valence-electron chi connectivity index (χ4n) is 2.74. The van der Waals surface area contributed by atoms with Crippen LogP contribution in [0.5, 0.6) is 0 Å². The van der Waals surface area contributed by atoms with Gasteiger partial charge in [0.2, 0.25) is 0 Å². The Hall–Kier alpha value is -1.89. The van der Waals surface area contributed by atoms with E-state index in [1.54, 1.807) is 0 Å². The van der Waals surface area contributed by atoms with E-state index < -0.39 is 0 Å². The number of fused-ring (bicyclic) bond motifs is 1. The van der Waals surface area contributed by atoms with Crippen molar-refractivity contribution in [2.75, 3.05) is 0 Å². The molecule has 0 aliphatic rings. The van der Waals surface area contributed by atoms with E-state index in [1.807, 2.05) is 6.92 Å². The number of hydrogen-bond acceptors (Lipinski definition) is 1. The smallest absolute Gasteiger partial charge is 0.132 e. The van der Waals surface area contributed by atoms with Crippen LogP contribution in [0, 0.1) is 0 Å². The van der Waals surface area contributed by atoms with Gasteiger partial charge in [-0.15, -0.1) is 0 Å². The zero-order chi connectivity index (χ0) is 15.8. The van der Waals surface area contributed by atoms with Crippen molar-refractivity contribution >= 4 is 22.1 Å². The van der Waals surface area contributed by atoms with Gasteiger partial charge in [-0.3, -0.25) is 4.79 Å².